The molecule has 0 radical (unpaired) electrons. The number of hydrogen-bond donors (Lipinski definition) is 2. The van der Waals surface area contributed by atoms with Crippen LogP contribution in [0, 0.1) is 11.3 Å². The minimum Gasteiger partial charge on any atom is -0.505 e. The molecule has 4 heteroatoms. The van der Waals surface area contributed by atoms with E-state index < -0.39 is 0 Å². The molecule has 10 heavy (non-hydrogen) atoms. The van der Waals surface area contributed by atoms with Gasteiger partial charge in [-0.15, -0.1) is 0 Å². The predicted molar refractivity (Wildman–Crippen MR) is 35.0 cm³/mol. The normalized spacial score (nSPS) is 8.70. The number of aromatic hydroxyl groups is 1. The van der Waals surface area contributed by atoms with Crippen molar-refractivity contribution < 1.29 is 5.11 Å². The second-order valence-corrected chi connectivity index (χ2v) is 1.74. The first-order chi connectivity index (χ1) is 4.74. The summed E-state index contributed by atoms with van der Waals surface area (Å²) in [6.07, 6.45) is 1.15. The third kappa shape index (κ3) is 0.977. The van der Waals surface area contributed by atoms with Crippen LogP contribution >= 0.6 is 0 Å². The molecule has 4 nitrogen and oxygen atoms in total. The summed E-state index contributed by atoms with van der Waals surface area (Å²) in [5.41, 5.74) is 5.38. The van der Waals surface area contributed by atoms with E-state index in [0.717, 1.165) is 6.20 Å². The molecule has 3 N–H and O–H groups in total. The smallest absolute Gasteiger partial charge is 0.151 e. The Balaban J connectivity index is 3.25. The highest BCUT2D eigenvalue weighted by molar-refractivity contribution is 5.46. The van der Waals surface area contributed by atoms with E-state index in [9.17, 15) is 0 Å². The van der Waals surface area contributed by atoms with Gasteiger partial charge in [-0.05, 0) is 0 Å². The van der Waals surface area contributed by atoms with Crippen LogP contribution < -0.4 is 5.73 Å². The van der Waals surface area contributed by atoms with Crippen molar-refractivity contribution in [2.75, 3.05) is 5.73 Å². The van der Waals surface area contributed by atoms with Crippen LogP contribution in [0.1, 0.15) is 5.56 Å². The minimum absolute atomic E-state index is 0.142. The molecule has 0 saturated heterocycles. The number of nitrogen functional groups attached to an aromatic ring is 1. The number of nitrogens with two attached hydrogens (primary N) is 1. The van der Waals surface area contributed by atoms with Gasteiger partial charge < -0.3 is 10.8 Å². The molecule has 0 aliphatic rings. The molecular formula is C6H5N3O. The van der Waals surface area contributed by atoms with E-state index in [1.54, 1.807) is 6.07 Å². The van der Waals surface area contributed by atoms with Gasteiger partial charge in [-0.3, -0.25) is 0 Å². The van der Waals surface area contributed by atoms with Gasteiger partial charge >= 0.3 is 0 Å². The first kappa shape index (κ1) is 6.36. The summed E-state index contributed by atoms with van der Waals surface area (Å²) in [6.45, 7) is 0. The topological polar surface area (TPSA) is 82.9 Å². The molecule has 0 spiro atoms. The van der Waals surface area contributed by atoms with Crippen molar-refractivity contribution in [2.24, 2.45) is 0 Å². The third-order valence-electron chi connectivity index (χ3n) is 1.02. The molecule has 0 aliphatic carbocycles. The first-order valence-corrected chi connectivity index (χ1v) is 2.58. The maximum Gasteiger partial charge on any atom is 0.151 e. The van der Waals surface area contributed by atoms with Gasteiger partial charge in [0.25, 0.3) is 0 Å². The fourth-order valence-electron chi connectivity index (χ4n) is 0.554. The summed E-state index contributed by atoms with van der Waals surface area (Å²) < 4.78 is 0. The van der Waals surface area contributed by atoms with Crippen molar-refractivity contribution in [3.63, 3.8) is 0 Å². The third-order valence-corrected chi connectivity index (χ3v) is 1.02. The van der Waals surface area contributed by atoms with Gasteiger partial charge in [0.1, 0.15) is 11.9 Å². The summed E-state index contributed by atoms with van der Waals surface area (Å²) >= 11 is 0. The molecule has 1 aromatic heterocycles. The molecule has 0 atom stereocenters. The van der Waals surface area contributed by atoms with Crippen molar-refractivity contribution in [1.29, 1.82) is 5.26 Å². The molecule has 0 fully saturated rings. The lowest BCUT2D eigenvalue weighted by molar-refractivity contribution is 0.471. The molecule has 1 rings (SSSR count). The quantitative estimate of drug-likeness (QED) is 0.533. The summed E-state index contributed by atoms with van der Waals surface area (Å²) in [7, 11) is 0. The number of hydrogen-bond acceptors (Lipinski definition) is 4. The van der Waals surface area contributed by atoms with Crippen LogP contribution in [-0.2, 0) is 0 Å². The van der Waals surface area contributed by atoms with Gasteiger partial charge in [0.05, 0.1) is 11.8 Å². The summed E-state index contributed by atoms with van der Waals surface area (Å²) in [6, 6.07) is 3.08. The number of pyridine rings is 1. The highest BCUT2D eigenvalue weighted by atomic mass is 16.3. The largest absolute Gasteiger partial charge is 0.505 e. The van der Waals surface area contributed by atoms with Crippen LogP contribution in [0.2, 0.25) is 0 Å². The Kier molecular flexibility index (Phi) is 1.42. The van der Waals surface area contributed by atoms with Crippen LogP contribution in [0.3, 0.4) is 0 Å². The summed E-state index contributed by atoms with van der Waals surface area (Å²) in [5.74, 6) is 0.0889. The van der Waals surface area contributed by atoms with Gasteiger partial charge in [-0.25, -0.2) is 4.98 Å². The number of anilines is 1. The molecule has 0 unspecified atom stereocenters. The molecule has 0 saturated carbocycles. The maximum atomic E-state index is 8.89. The Morgan fingerprint density at radius 1 is 1.70 bits per heavy atom. The van der Waals surface area contributed by atoms with Gasteiger partial charge in [0, 0.05) is 6.07 Å². The van der Waals surface area contributed by atoms with E-state index in [2.05, 4.69) is 4.98 Å². The van der Waals surface area contributed by atoms with Crippen LogP contribution in [0.25, 0.3) is 0 Å². The van der Waals surface area contributed by atoms with Gasteiger partial charge in [0.2, 0.25) is 0 Å². The van der Waals surface area contributed by atoms with Crippen molar-refractivity contribution in [2.45, 2.75) is 0 Å². The van der Waals surface area contributed by atoms with Crippen molar-refractivity contribution in [3.05, 3.63) is 17.8 Å². The minimum atomic E-state index is -0.142. The summed E-state index contributed by atoms with van der Waals surface area (Å²) in [4.78, 5) is 3.56. The molecule has 0 amide bonds. The van der Waals surface area contributed by atoms with E-state index in [0.29, 0.717) is 0 Å². The van der Waals surface area contributed by atoms with Crippen molar-refractivity contribution >= 4 is 5.82 Å². The van der Waals surface area contributed by atoms with E-state index in [1.807, 2.05) is 0 Å². The molecule has 50 valence electrons. The average Bonchev–Trinajstić information content (AvgIpc) is 1.94. The zero-order chi connectivity index (χ0) is 7.56. The fraction of sp³-hybridized carbons (Fsp3) is 0. The first-order valence-electron chi connectivity index (χ1n) is 2.58. The predicted octanol–water partition coefficient (Wildman–Crippen LogP) is 0.241. The van der Waals surface area contributed by atoms with Crippen LogP contribution in [0.4, 0.5) is 5.82 Å². The Morgan fingerprint density at radius 3 is 2.90 bits per heavy atom. The van der Waals surface area contributed by atoms with Crippen LogP contribution in [-0.4, -0.2) is 10.1 Å². The Labute approximate surface area is 57.5 Å². The van der Waals surface area contributed by atoms with Crippen LogP contribution in [0.15, 0.2) is 12.3 Å². The molecule has 1 heterocycles. The zero-order valence-corrected chi connectivity index (χ0v) is 5.07. The standard InChI is InChI=1S/C6H5N3O/c7-2-4-1-6(8)9-3-5(4)10/h1,3,10H,(H2,8,9). The Hall–Kier alpha value is -1.76. The molecular weight excluding hydrogens is 130 g/mol. The second-order valence-electron chi connectivity index (χ2n) is 1.74. The highest BCUT2D eigenvalue weighted by Gasteiger charge is 1.98. The monoisotopic (exact) mass is 135 g/mol. The molecule has 0 bridgehead atoms. The Bertz CT molecular complexity index is 290. The molecule has 0 aliphatic heterocycles. The van der Waals surface area contributed by atoms with Gasteiger partial charge in [0.15, 0.2) is 5.75 Å². The maximum absolute atomic E-state index is 8.89. The second kappa shape index (κ2) is 2.23. The van der Waals surface area contributed by atoms with Crippen molar-refractivity contribution in [3.8, 4) is 11.8 Å². The number of aromatic nitrogens is 1. The SMILES string of the molecule is N#Cc1cc(N)ncc1O. The number of nitriles is 1. The number of nitrogens with zero attached hydrogens (tertiary/aromatic N) is 2. The van der Waals surface area contributed by atoms with Gasteiger partial charge in [-0.2, -0.15) is 5.26 Å². The Morgan fingerprint density at radius 2 is 2.40 bits per heavy atom. The van der Waals surface area contributed by atoms with Gasteiger partial charge in [-0.1, -0.05) is 0 Å². The fourth-order valence-corrected chi connectivity index (χ4v) is 0.554. The van der Waals surface area contributed by atoms with Crippen molar-refractivity contribution in [1.82, 2.24) is 4.98 Å². The van der Waals surface area contributed by atoms with E-state index >= 15 is 0 Å². The highest BCUT2D eigenvalue weighted by Crippen LogP contribution is 2.14. The zero-order valence-electron chi connectivity index (χ0n) is 5.07. The number of rotatable bonds is 0. The van der Waals surface area contributed by atoms with E-state index in [-0.39, 0.29) is 17.1 Å². The molecule has 0 aromatic carbocycles. The average molecular weight is 135 g/mol. The lowest BCUT2D eigenvalue weighted by Crippen LogP contribution is -1.89. The lowest BCUT2D eigenvalue weighted by atomic mass is 10.3. The van der Waals surface area contributed by atoms with E-state index in [4.69, 9.17) is 16.1 Å². The summed E-state index contributed by atoms with van der Waals surface area (Å²) in [5, 5.41) is 17.2. The van der Waals surface area contributed by atoms with E-state index in [1.165, 1.54) is 6.07 Å². The lowest BCUT2D eigenvalue weighted by Gasteiger charge is -1.94. The molecule has 1 aromatic rings. The van der Waals surface area contributed by atoms with Crippen LogP contribution in [0.5, 0.6) is 5.75 Å².